The average Bonchev–Trinajstić information content (AvgIpc) is 2.96. The van der Waals surface area contributed by atoms with Crippen LogP contribution < -0.4 is 11.4 Å². The molecule has 1 aromatic heterocycles. The van der Waals surface area contributed by atoms with E-state index in [2.05, 4.69) is 11.6 Å². The van der Waals surface area contributed by atoms with Crippen LogP contribution in [0.1, 0.15) is 33.9 Å². The molecule has 186 valence electrons. The van der Waals surface area contributed by atoms with E-state index in [1.807, 2.05) is 27.7 Å². The van der Waals surface area contributed by atoms with Crippen molar-refractivity contribution in [3.05, 3.63) is 35.4 Å². The Morgan fingerprint density at radius 3 is 2.55 bits per heavy atom. The second kappa shape index (κ2) is 10.8. The Morgan fingerprint density at radius 2 is 2.00 bits per heavy atom. The fourth-order valence-corrected chi connectivity index (χ4v) is 7.28. The summed E-state index contributed by atoms with van der Waals surface area (Å²) in [4.78, 5) is 26.7. The van der Waals surface area contributed by atoms with E-state index in [1.54, 1.807) is 0 Å². The maximum absolute atomic E-state index is 14.8. The highest BCUT2D eigenvalue weighted by atomic mass is 28.4. The summed E-state index contributed by atoms with van der Waals surface area (Å²) in [5, 5.41) is 10.3. The highest BCUT2D eigenvalue weighted by Gasteiger charge is 2.60. The van der Waals surface area contributed by atoms with E-state index in [-0.39, 0.29) is 36.7 Å². The molecular formula is C20H31F2N3O7Si. The van der Waals surface area contributed by atoms with E-state index < -0.39 is 44.6 Å². The SMILES string of the molecule is C=CC(=O)OCCO[Si](OC[C@H]1O[C@@H](n2ccc(N)nc2=O)C(F)(F)[C@@H]1O)(C(C)C)C(C)C. The number of anilines is 1. The lowest BCUT2D eigenvalue weighted by Gasteiger charge is -2.38. The van der Waals surface area contributed by atoms with Crippen LogP contribution in [0.3, 0.4) is 0 Å². The molecule has 1 saturated heterocycles. The number of aliphatic hydroxyl groups is 1. The summed E-state index contributed by atoms with van der Waals surface area (Å²) in [6, 6.07) is 1.18. The molecule has 2 heterocycles. The molecule has 0 saturated carbocycles. The lowest BCUT2D eigenvalue weighted by molar-refractivity contribution is -0.141. The third-order valence-corrected chi connectivity index (χ3v) is 9.88. The molecule has 0 spiro atoms. The molecule has 0 radical (unpaired) electrons. The van der Waals surface area contributed by atoms with Gasteiger partial charge in [0.2, 0.25) is 6.23 Å². The van der Waals surface area contributed by atoms with Gasteiger partial charge in [0.1, 0.15) is 18.5 Å². The first-order valence-corrected chi connectivity index (χ1v) is 12.5. The molecule has 3 N–H and O–H groups in total. The zero-order chi connectivity index (χ0) is 25.0. The standard InChI is InChI=1S/C20H31F2N3O7Si/c1-6-16(26)29-9-10-30-33(12(2)3,13(4)5)31-11-14-17(27)20(21,22)18(32-14)25-8-7-15(23)24-19(25)28/h6-8,12-14,17-18,27H,1,9-11H2,2-5H3,(H2,23,24,28)/t14-,17-,18-/m1/s1. The van der Waals surface area contributed by atoms with Crippen LogP contribution in [0.25, 0.3) is 0 Å². The van der Waals surface area contributed by atoms with Gasteiger partial charge < -0.3 is 29.2 Å². The maximum Gasteiger partial charge on any atom is 0.351 e. The van der Waals surface area contributed by atoms with E-state index >= 15 is 0 Å². The van der Waals surface area contributed by atoms with Crippen LogP contribution in [0.15, 0.2) is 29.7 Å². The van der Waals surface area contributed by atoms with Gasteiger partial charge in [-0.2, -0.15) is 13.8 Å². The third kappa shape index (κ3) is 5.84. The Morgan fingerprint density at radius 1 is 1.36 bits per heavy atom. The quantitative estimate of drug-likeness (QED) is 0.205. The number of hydrogen-bond donors (Lipinski definition) is 2. The van der Waals surface area contributed by atoms with Gasteiger partial charge in [0, 0.05) is 12.3 Å². The largest absolute Gasteiger partial charge is 0.460 e. The van der Waals surface area contributed by atoms with Gasteiger partial charge in [0.05, 0.1) is 13.2 Å². The van der Waals surface area contributed by atoms with Gasteiger partial charge in [-0.15, -0.1) is 0 Å². The second-order valence-electron chi connectivity index (χ2n) is 8.25. The van der Waals surface area contributed by atoms with Crippen LogP contribution in [0.5, 0.6) is 0 Å². The molecule has 1 fully saturated rings. The minimum absolute atomic E-state index is 0.0296. The Bertz CT molecular complexity index is 889. The molecule has 1 aliphatic rings. The van der Waals surface area contributed by atoms with Gasteiger partial charge in [0.25, 0.3) is 0 Å². The van der Waals surface area contributed by atoms with E-state index in [0.29, 0.717) is 4.57 Å². The number of ether oxygens (including phenoxy) is 2. The fourth-order valence-electron chi connectivity index (χ4n) is 3.70. The third-order valence-electron chi connectivity index (χ3n) is 5.39. The maximum atomic E-state index is 14.8. The van der Waals surface area contributed by atoms with Crippen molar-refractivity contribution in [1.82, 2.24) is 9.55 Å². The Hall–Kier alpha value is -2.19. The number of esters is 1. The summed E-state index contributed by atoms with van der Waals surface area (Å²) in [5.41, 5.74) is 4.17. The predicted octanol–water partition coefficient (Wildman–Crippen LogP) is 1.74. The first-order valence-electron chi connectivity index (χ1n) is 10.5. The van der Waals surface area contributed by atoms with Crippen molar-refractivity contribution < 1.29 is 37.0 Å². The molecule has 1 aliphatic heterocycles. The van der Waals surface area contributed by atoms with Crippen molar-refractivity contribution in [3.63, 3.8) is 0 Å². The van der Waals surface area contributed by atoms with Gasteiger partial charge >= 0.3 is 26.1 Å². The Balaban J connectivity index is 2.16. The van der Waals surface area contributed by atoms with Crippen LogP contribution in [-0.4, -0.2) is 67.1 Å². The minimum Gasteiger partial charge on any atom is -0.460 e. The normalized spacial score (nSPS) is 22.6. The molecule has 1 aromatic rings. The lowest BCUT2D eigenvalue weighted by atomic mass is 10.1. The van der Waals surface area contributed by atoms with E-state index in [1.165, 1.54) is 6.07 Å². The fraction of sp³-hybridized carbons (Fsp3) is 0.650. The monoisotopic (exact) mass is 491 g/mol. The Labute approximate surface area is 191 Å². The summed E-state index contributed by atoms with van der Waals surface area (Å²) in [7, 11) is -3.05. The summed E-state index contributed by atoms with van der Waals surface area (Å²) >= 11 is 0. The van der Waals surface area contributed by atoms with Crippen molar-refractivity contribution in [2.45, 2.75) is 63.1 Å². The second-order valence-corrected chi connectivity index (χ2v) is 12.6. The number of rotatable bonds is 11. The van der Waals surface area contributed by atoms with Crippen molar-refractivity contribution in [2.24, 2.45) is 0 Å². The van der Waals surface area contributed by atoms with Gasteiger partial charge in [0.15, 0.2) is 6.10 Å². The molecule has 0 unspecified atom stereocenters. The number of nitrogens with two attached hydrogens (primary N) is 1. The summed E-state index contributed by atoms with van der Waals surface area (Å²) < 4.78 is 52.6. The van der Waals surface area contributed by atoms with Crippen LogP contribution >= 0.6 is 0 Å². The highest BCUT2D eigenvalue weighted by Crippen LogP contribution is 2.43. The predicted molar refractivity (Wildman–Crippen MR) is 117 cm³/mol. The molecule has 10 nitrogen and oxygen atoms in total. The zero-order valence-corrected chi connectivity index (χ0v) is 20.1. The molecule has 13 heteroatoms. The van der Waals surface area contributed by atoms with E-state index in [9.17, 15) is 23.5 Å². The first-order chi connectivity index (χ1) is 15.4. The summed E-state index contributed by atoms with van der Waals surface area (Å²) in [6.45, 7) is 10.5. The molecule has 0 aliphatic carbocycles. The number of aromatic nitrogens is 2. The van der Waals surface area contributed by atoms with E-state index in [4.69, 9.17) is 24.1 Å². The Kier molecular flexibility index (Phi) is 8.87. The molecule has 33 heavy (non-hydrogen) atoms. The van der Waals surface area contributed by atoms with Crippen LogP contribution in [0.2, 0.25) is 11.1 Å². The number of aliphatic hydroxyl groups excluding tert-OH is 1. The van der Waals surface area contributed by atoms with Crippen LogP contribution in [0, 0.1) is 0 Å². The van der Waals surface area contributed by atoms with Gasteiger partial charge in [-0.05, 0) is 17.1 Å². The number of halogens is 2. The van der Waals surface area contributed by atoms with Gasteiger partial charge in [-0.3, -0.25) is 4.57 Å². The van der Waals surface area contributed by atoms with Gasteiger partial charge in [-0.1, -0.05) is 34.3 Å². The van der Waals surface area contributed by atoms with Crippen molar-refractivity contribution >= 4 is 20.3 Å². The molecule has 0 bridgehead atoms. The lowest BCUT2D eigenvalue weighted by Crippen LogP contribution is -2.51. The smallest absolute Gasteiger partial charge is 0.351 e. The van der Waals surface area contributed by atoms with Crippen molar-refractivity contribution in [2.75, 3.05) is 25.6 Å². The summed E-state index contributed by atoms with van der Waals surface area (Å²) in [5.74, 6) is -4.50. The molecule has 3 atom stereocenters. The number of alkyl halides is 2. The van der Waals surface area contributed by atoms with Gasteiger partial charge in [-0.25, -0.2) is 9.59 Å². The number of carbonyl (C=O) groups is 1. The topological polar surface area (TPSA) is 135 Å². The van der Waals surface area contributed by atoms with Crippen molar-refractivity contribution in [1.29, 1.82) is 0 Å². The van der Waals surface area contributed by atoms with Crippen LogP contribution in [-0.2, 0) is 23.1 Å². The number of carbonyl (C=O) groups excluding carboxylic acids is 1. The number of hydrogen-bond acceptors (Lipinski definition) is 9. The number of nitrogen functional groups attached to an aromatic ring is 1. The zero-order valence-electron chi connectivity index (χ0n) is 19.1. The molecule has 2 rings (SSSR count). The molecule has 0 aromatic carbocycles. The minimum atomic E-state index is -3.78. The van der Waals surface area contributed by atoms with Crippen molar-refractivity contribution in [3.8, 4) is 0 Å². The van der Waals surface area contributed by atoms with Crippen LogP contribution in [0.4, 0.5) is 14.6 Å². The molecule has 0 amide bonds. The van der Waals surface area contributed by atoms with E-state index in [0.717, 1.165) is 12.3 Å². The summed E-state index contributed by atoms with van der Waals surface area (Å²) in [6.07, 6.45) is -3.67. The first kappa shape index (κ1) is 27.1. The molecular weight excluding hydrogens is 460 g/mol. The average molecular weight is 492 g/mol. The number of nitrogens with zero attached hydrogens (tertiary/aromatic N) is 2. The highest BCUT2D eigenvalue weighted by molar-refractivity contribution is 6.70.